The highest BCUT2D eigenvalue weighted by molar-refractivity contribution is 6.74. The molecule has 35 heavy (non-hydrogen) atoms. The zero-order chi connectivity index (χ0) is 25.5. The monoisotopic (exact) mass is 512 g/mol. The molecule has 0 radical (unpaired) electrons. The summed E-state index contributed by atoms with van der Waals surface area (Å²) in [5.41, 5.74) is 0. The maximum absolute atomic E-state index is 11.8. The smallest absolute Gasteiger partial charge is 0.192 e. The van der Waals surface area contributed by atoms with Crippen molar-refractivity contribution in [3.05, 3.63) is 0 Å². The second-order valence-corrected chi connectivity index (χ2v) is 17.2. The average Bonchev–Trinajstić information content (AvgIpc) is 3.38. The van der Waals surface area contributed by atoms with Gasteiger partial charge in [-0.25, -0.2) is 0 Å². The lowest BCUT2D eigenvalue weighted by atomic mass is 9.85. The van der Waals surface area contributed by atoms with Crippen molar-refractivity contribution in [1.29, 1.82) is 0 Å². The van der Waals surface area contributed by atoms with Crippen molar-refractivity contribution in [2.45, 2.75) is 141 Å². The summed E-state index contributed by atoms with van der Waals surface area (Å²) in [5.74, 6) is -0.0915. The number of unbranched alkanes of at least 4 members (excludes halogenated alkanes) is 2. The SMILES string of the molecule is CCCCCC1(CCC2C(OC3CCCCO3)C[C@@H](O[Si](C)(C)C(C)(C)C)[C@H]2CC=O)OCCO1. The molecule has 2 heterocycles. The number of hydrogen-bond acceptors (Lipinski definition) is 6. The number of aldehydes is 1. The Labute approximate surface area is 215 Å². The van der Waals surface area contributed by atoms with E-state index in [9.17, 15) is 4.79 Å². The molecule has 1 aliphatic carbocycles. The van der Waals surface area contributed by atoms with Gasteiger partial charge in [-0.1, -0.05) is 40.5 Å². The number of ether oxygens (including phenoxy) is 4. The molecule has 5 atom stereocenters. The van der Waals surface area contributed by atoms with Gasteiger partial charge in [-0.05, 0) is 68.5 Å². The van der Waals surface area contributed by atoms with Crippen LogP contribution < -0.4 is 0 Å². The van der Waals surface area contributed by atoms with Gasteiger partial charge in [-0.3, -0.25) is 0 Å². The predicted octanol–water partition coefficient (Wildman–Crippen LogP) is 6.62. The molecule has 3 aliphatic rings. The lowest BCUT2D eigenvalue weighted by Gasteiger charge is -2.40. The van der Waals surface area contributed by atoms with Crippen LogP contribution in [0.15, 0.2) is 0 Å². The van der Waals surface area contributed by atoms with Crippen LogP contribution in [-0.2, 0) is 28.2 Å². The topological polar surface area (TPSA) is 63.2 Å². The van der Waals surface area contributed by atoms with E-state index in [1.54, 1.807) is 0 Å². The Morgan fingerprint density at radius 2 is 1.74 bits per heavy atom. The third kappa shape index (κ3) is 7.84. The van der Waals surface area contributed by atoms with Gasteiger partial charge in [0.25, 0.3) is 0 Å². The van der Waals surface area contributed by atoms with E-state index < -0.39 is 14.1 Å². The lowest BCUT2D eigenvalue weighted by molar-refractivity contribution is -0.201. The van der Waals surface area contributed by atoms with Crippen LogP contribution in [0.3, 0.4) is 0 Å². The van der Waals surface area contributed by atoms with Gasteiger partial charge in [0.2, 0.25) is 0 Å². The Morgan fingerprint density at radius 3 is 2.34 bits per heavy atom. The number of hydrogen-bond donors (Lipinski definition) is 0. The van der Waals surface area contributed by atoms with Crippen molar-refractivity contribution < 1.29 is 28.2 Å². The molecule has 0 aromatic carbocycles. The highest BCUT2D eigenvalue weighted by atomic mass is 28.4. The van der Waals surface area contributed by atoms with Gasteiger partial charge in [-0.2, -0.15) is 0 Å². The molecule has 0 N–H and O–H groups in total. The standard InChI is InChI=1S/C28H52O6Si/c1-7-8-10-15-28(31-19-20-32-28)16-13-22-23(14-17-29)25(34-35(5,6)27(2,3)4)21-24(22)33-26-12-9-11-18-30-26/h17,22-26H,7-16,18-21H2,1-6H3/t22?,23-,24?,25+,26?/m0/s1. The van der Waals surface area contributed by atoms with Gasteiger partial charge in [0.1, 0.15) is 6.29 Å². The van der Waals surface area contributed by atoms with Crippen LogP contribution in [0.4, 0.5) is 0 Å². The molecule has 0 aromatic heterocycles. The highest BCUT2D eigenvalue weighted by Gasteiger charge is 2.50. The average molecular weight is 513 g/mol. The first-order valence-corrected chi connectivity index (χ1v) is 17.2. The molecule has 204 valence electrons. The Hall–Kier alpha value is -0.313. The summed E-state index contributed by atoms with van der Waals surface area (Å²) in [6, 6.07) is 0. The summed E-state index contributed by atoms with van der Waals surface area (Å²) in [7, 11) is -1.99. The van der Waals surface area contributed by atoms with Crippen LogP contribution in [-0.4, -0.2) is 58.7 Å². The summed E-state index contributed by atoms with van der Waals surface area (Å²) in [4.78, 5) is 11.8. The molecule has 0 spiro atoms. The summed E-state index contributed by atoms with van der Waals surface area (Å²) >= 11 is 0. The molecule has 0 aromatic rings. The van der Waals surface area contributed by atoms with Gasteiger partial charge >= 0.3 is 0 Å². The molecule has 0 bridgehead atoms. The van der Waals surface area contributed by atoms with Gasteiger partial charge in [0.15, 0.2) is 20.4 Å². The van der Waals surface area contributed by atoms with Gasteiger partial charge in [0.05, 0.1) is 25.4 Å². The number of rotatable bonds is 13. The molecule has 3 unspecified atom stereocenters. The summed E-state index contributed by atoms with van der Waals surface area (Å²) < 4.78 is 31.9. The molecule has 1 saturated carbocycles. The van der Waals surface area contributed by atoms with Crippen molar-refractivity contribution in [3.63, 3.8) is 0 Å². The number of carbonyl (C=O) groups is 1. The van der Waals surface area contributed by atoms with Crippen molar-refractivity contribution in [1.82, 2.24) is 0 Å². The minimum absolute atomic E-state index is 0.0342. The number of carbonyl (C=O) groups excluding carboxylic acids is 1. The van der Waals surface area contributed by atoms with Crippen LogP contribution in [0.25, 0.3) is 0 Å². The molecule has 0 amide bonds. The van der Waals surface area contributed by atoms with Crippen LogP contribution in [0.5, 0.6) is 0 Å². The van der Waals surface area contributed by atoms with Crippen LogP contribution in [0, 0.1) is 11.8 Å². The normalized spacial score (nSPS) is 31.7. The molecule has 7 heteroatoms. The third-order valence-electron chi connectivity index (χ3n) is 8.89. The van der Waals surface area contributed by atoms with E-state index >= 15 is 0 Å². The molecular weight excluding hydrogens is 460 g/mol. The Bertz CT molecular complexity index is 636. The first-order valence-electron chi connectivity index (χ1n) is 14.3. The van der Waals surface area contributed by atoms with E-state index in [0.29, 0.717) is 19.6 Å². The van der Waals surface area contributed by atoms with Crippen molar-refractivity contribution in [3.8, 4) is 0 Å². The Kier molecular flexibility index (Phi) is 10.8. The zero-order valence-electron chi connectivity index (χ0n) is 23.3. The van der Waals surface area contributed by atoms with E-state index in [-0.39, 0.29) is 35.4 Å². The molecular formula is C28H52O6Si. The Balaban J connectivity index is 1.77. The summed E-state index contributed by atoms with van der Waals surface area (Å²) in [6.45, 7) is 15.8. The molecule has 6 nitrogen and oxygen atoms in total. The van der Waals surface area contributed by atoms with Gasteiger partial charge < -0.3 is 28.2 Å². The van der Waals surface area contributed by atoms with E-state index in [2.05, 4.69) is 40.8 Å². The van der Waals surface area contributed by atoms with E-state index in [4.69, 9.17) is 23.4 Å². The second-order valence-electron chi connectivity index (χ2n) is 12.5. The van der Waals surface area contributed by atoms with Crippen molar-refractivity contribution in [2.75, 3.05) is 19.8 Å². The van der Waals surface area contributed by atoms with Crippen molar-refractivity contribution >= 4 is 14.6 Å². The van der Waals surface area contributed by atoms with Crippen LogP contribution >= 0.6 is 0 Å². The first kappa shape index (κ1) is 29.2. The van der Waals surface area contributed by atoms with Gasteiger partial charge in [0, 0.05) is 25.9 Å². The van der Waals surface area contributed by atoms with Gasteiger partial charge in [-0.15, -0.1) is 0 Å². The molecule has 3 rings (SSSR count). The van der Waals surface area contributed by atoms with Crippen molar-refractivity contribution in [2.24, 2.45) is 11.8 Å². The fourth-order valence-corrected chi connectivity index (χ4v) is 7.15. The minimum Gasteiger partial charge on any atom is -0.414 e. The minimum atomic E-state index is -1.99. The second kappa shape index (κ2) is 13.0. The largest absolute Gasteiger partial charge is 0.414 e. The quantitative estimate of drug-likeness (QED) is 0.157. The van der Waals surface area contributed by atoms with Crippen LogP contribution in [0.1, 0.15) is 98.3 Å². The highest BCUT2D eigenvalue weighted by Crippen LogP contribution is 2.47. The van der Waals surface area contributed by atoms with E-state index in [1.165, 1.54) is 12.8 Å². The molecule has 3 fully saturated rings. The lowest BCUT2D eigenvalue weighted by Crippen LogP contribution is -2.45. The summed E-state index contributed by atoms with van der Waals surface area (Å²) in [5, 5.41) is 0.120. The molecule has 2 aliphatic heterocycles. The van der Waals surface area contributed by atoms with E-state index in [0.717, 1.165) is 64.3 Å². The fraction of sp³-hybridized carbons (Fsp3) is 0.964. The first-order chi connectivity index (χ1) is 16.6. The predicted molar refractivity (Wildman–Crippen MR) is 141 cm³/mol. The maximum atomic E-state index is 11.8. The van der Waals surface area contributed by atoms with E-state index in [1.807, 2.05) is 0 Å². The summed E-state index contributed by atoms with van der Waals surface area (Å²) in [6.07, 6.45) is 11.8. The zero-order valence-corrected chi connectivity index (χ0v) is 24.3. The Morgan fingerprint density at radius 1 is 1.00 bits per heavy atom. The van der Waals surface area contributed by atoms with Crippen LogP contribution in [0.2, 0.25) is 18.1 Å². The molecule has 2 saturated heterocycles. The third-order valence-corrected chi connectivity index (χ3v) is 13.4. The maximum Gasteiger partial charge on any atom is 0.192 e. The fourth-order valence-electron chi connectivity index (χ4n) is 5.77.